The van der Waals surface area contributed by atoms with Crippen LogP contribution in [0.3, 0.4) is 0 Å². The summed E-state index contributed by atoms with van der Waals surface area (Å²) in [6.07, 6.45) is 1.74. The van der Waals surface area contributed by atoms with E-state index in [1.807, 2.05) is 30.3 Å². The Morgan fingerprint density at radius 1 is 0.828 bits per heavy atom. The Morgan fingerprint density at radius 2 is 1.62 bits per heavy atom. The molecule has 4 heteroatoms. The lowest BCUT2D eigenvalue weighted by atomic mass is 9.93. The van der Waals surface area contributed by atoms with Gasteiger partial charge in [0.15, 0.2) is 11.5 Å². The van der Waals surface area contributed by atoms with Crippen molar-refractivity contribution in [3.05, 3.63) is 89.0 Å². The molecule has 0 spiro atoms. The fourth-order valence-electron chi connectivity index (χ4n) is 3.57. The summed E-state index contributed by atoms with van der Waals surface area (Å²) in [5, 5.41) is 0. The van der Waals surface area contributed by atoms with Crippen LogP contribution in [0.4, 0.5) is 0 Å². The first-order valence-electron chi connectivity index (χ1n) is 9.81. The minimum Gasteiger partial charge on any atom is -0.497 e. The Morgan fingerprint density at radius 3 is 2.34 bits per heavy atom. The Kier molecular flexibility index (Phi) is 5.80. The predicted octanol–water partition coefficient (Wildman–Crippen LogP) is 4.87. The summed E-state index contributed by atoms with van der Waals surface area (Å²) in [6, 6.07) is 22.5. The molecule has 4 rings (SSSR count). The minimum atomic E-state index is 0.476. The van der Waals surface area contributed by atoms with Crippen LogP contribution in [0.15, 0.2) is 71.7 Å². The number of methoxy groups -OCH3 is 2. The molecule has 1 aliphatic rings. The molecule has 0 N–H and O–H groups in total. The van der Waals surface area contributed by atoms with Gasteiger partial charge >= 0.3 is 0 Å². The fourth-order valence-corrected chi connectivity index (χ4v) is 3.57. The van der Waals surface area contributed by atoms with Gasteiger partial charge in [0, 0.05) is 24.2 Å². The van der Waals surface area contributed by atoms with Crippen molar-refractivity contribution >= 4 is 5.71 Å². The van der Waals surface area contributed by atoms with E-state index in [1.165, 1.54) is 11.1 Å². The molecule has 4 nitrogen and oxygen atoms in total. The van der Waals surface area contributed by atoms with Gasteiger partial charge in [0.2, 0.25) is 0 Å². The first-order valence-corrected chi connectivity index (χ1v) is 9.81. The molecule has 29 heavy (non-hydrogen) atoms. The Balaban J connectivity index is 1.55. The number of aliphatic imine (C=N–C) groups is 1. The van der Waals surface area contributed by atoms with Gasteiger partial charge in [-0.1, -0.05) is 42.5 Å². The van der Waals surface area contributed by atoms with Gasteiger partial charge in [0.25, 0.3) is 0 Å². The van der Waals surface area contributed by atoms with Crippen LogP contribution in [0.2, 0.25) is 0 Å². The number of ether oxygens (including phenoxy) is 3. The van der Waals surface area contributed by atoms with E-state index in [4.69, 9.17) is 19.2 Å². The van der Waals surface area contributed by atoms with Gasteiger partial charge in [-0.3, -0.25) is 4.99 Å². The van der Waals surface area contributed by atoms with Crippen molar-refractivity contribution in [2.75, 3.05) is 20.8 Å². The molecule has 0 aromatic heterocycles. The molecular formula is C25H25NO3. The second-order valence-electron chi connectivity index (χ2n) is 7.04. The minimum absolute atomic E-state index is 0.476. The first-order chi connectivity index (χ1) is 14.3. The molecule has 0 saturated heterocycles. The van der Waals surface area contributed by atoms with Gasteiger partial charge < -0.3 is 14.2 Å². The van der Waals surface area contributed by atoms with E-state index in [-0.39, 0.29) is 0 Å². The van der Waals surface area contributed by atoms with Crippen LogP contribution < -0.4 is 14.2 Å². The van der Waals surface area contributed by atoms with Crippen LogP contribution in [-0.2, 0) is 19.4 Å². The average molecular weight is 387 g/mol. The highest BCUT2D eigenvalue weighted by atomic mass is 16.5. The number of fused-ring (bicyclic) bond motifs is 1. The summed E-state index contributed by atoms with van der Waals surface area (Å²) in [6.45, 7) is 1.28. The highest BCUT2D eigenvalue weighted by Gasteiger charge is 2.19. The number of hydrogen-bond acceptors (Lipinski definition) is 4. The molecule has 0 fully saturated rings. The van der Waals surface area contributed by atoms with Crippen molar-refractivity contribution in [2.45, 2.75) is 19.4 Å². The van der Waals surface area contributed by atoms with Gasteiger partial charge in [0.1, 0.15) is 12.4 Å². The third-order valence-electron chi connectivity index (χ3n) is 5.15. The summed E-state index contributed by atoms with van der Waals surface area (Å²) in [5.74, 6) is 2.34. The molecular weight excluding hydrogens is 362 g/mol. The lowest BCUT2D eigenvalue weighted by Gasteiger charge is -2.20. The molecule has 0 atom stereocenters. The first kappa shape index (κ1) is 19.1. The quantitative estimate of drug-likeness (QED) is 0.581. The molecule has 3 aromatic carbocycles. The zero-order valence-electron chi connectivity index (χ0n) is 16.9. The lowest BCUT2D eigenvalue weighted by molar-refractivity contribution is 0.284. The predicted molar refractivity (Wildman–Crippen MR) is 116 cm³/mol. The highest BCUT2D eigenvalue weighted by molar-refractivity contribution is 6.04. The average Bonchev–Trinajstić information content (AvgIpc) is 2.78. The van der Waals surface area contributed by atoms with E-state index in [0.29, 0.717) is 6.61 Å². The smallest absolute Gasteiger partial charge is 0.161 e. The number of hydrogen-bond donors (Lipinski definition) is 0. The van der Waals surface area contributed by atoms with E-state index in [9.17, 15) is 0 Å². The van der Waals surface area contributed by atoms with Crippen LogP contribution in [-0.4, -0.2) is 26.5 Å². The molecule has 0 saturated carbocycles. The van der Waals surface area contributed by atoms with E-state index in [1.54, 1.807) is 14.2 Å². The van der Waals surface area contributed by atoms with Crippen LogP contribution in [0.1, 0.15) is 22.3 Å². The topological polar surface area (TPSA) is 40.0 Å². The monoisotopic (exact) mass is 387 g/mol. The molecule has 0 amide bonds. The lowest BCUT2D eigenvalue weighted by Crippen LogP contribution is -2.16. The van der Waals surface area contributed by atoms with E-state index < -0.39 is 0 Å². The summed E-state index contributed by atoms with van der Waals surface area (Å²) in [7, 11) is 3.34. The van der Waals surface area contributed by atoms with Crippen molar-refractivity contribution in [3.63, 3.8) is 0 Å². The van der Waals surface area contributed by atoms with Crippen LogP contribution in [0, 0.1) is 0 Å². The fraction of sp³-hybridized carbons (Fsp3) is 0.240. The van der Waals surface area contributed by atoms with Crippen LogP contribution in [0.25, 0.3) is 0 Å². The van der Waals surface area contributed by atoms with Crippen LogP contribution >= 0.6 is 0 Å². The Bertz CT molecular complexity index is 995. The highest BCUT2D eigenvalue weighted by Crippen LogP contribution is 2.34. The summed E-state index contributed by atoms with van der Waals surface area (Å²) in [5.41, 5.74) is 5.87. The van der Waals surface area contributed by atoms with Gasteiger partial charge in [-0.2, -0.15) is 0 Å². The molecule has 148 valence electrons. The normalized spacial score (nSPS) is 12.7. The van der Waals surface area contributed by atoms with Crippen molar-refractivity contribution in [1.29, 1.82) is 0 Å². The molecule has 0 bridgehead atoms. The van der Waals surface area contributed by atoms with Crippen molar-refractivity contribution in [3.8, 4) is 17.2 Å². The standard InChI is InChI=1S/C25H25NO3/c1-27-21-10-8-19(9-11-21)17-29-25-15-20-12-13-26-23(22(20)16-24(25)28-2)14-18-6-4-3-5-7-18/h3-11,15-16H,12-14,17H2,1-2H3. The second kappa shape index (κ2) is 8.82. The molecule has 1 heterocycles. The van der Waals surface area contributed by atoms with Crippen LogP contribution in [0.5, 0.6) is 17.2 Å². The molecule has 0 unspecified atom stereocenters. The molecule has 0 aliphatic carbocycles. The summed E-state index contributed by atoms with van der Waals surface area (Å²) < 4.78 is 16.9. The number of nitrogens with zero attached hydrogens (tertiary/aromatic N) is 1. The maximum atomic E-state index is 6.10. The van der Waals surface area contributed by atoms with Gasteiger partial charge in [-0.25, -0.2) is 0 Å². The maximum absolute atomic E-state index is 6.10. The van der Waals surface area contributed by atoms with Crippen molar-refractivity contribution in [1.82, 2.24) is 0 Å². The zero-order chi connectivity index (χ0) is 20.1. The third kappa shape index (κ3) is 4.43. The third-order valence-corrected chi connectivity index (χ3v) is 5.15. The summed E-state index contributed by atoms with van der Waals surface area (Å²) >= 11 is 0. The number of rotatable bonds is 7. The zero-order valence-corrected chi connectivity index (χ0v) is 16.9. The van der Waals surface area contributed by atoms with E-state index in [0.717, 1.165) is 53.5 Å². The molecule has 1 aliphatic heterocycles. The largest absolute Gasteiger partial charge is 0.497 e. The van der Waals surface area contributed by atoms with E-state index >= 15 is 0 Å². The van der Waals surface area contributed by atoms with Gasteiger partial charge in [-0.05, 0) is 47.4 Å². The Labute approximate surface area is 171 Å². The van der Waals surface area contributed by atoms with Crippen molar-refractivity contribution < 1.29 is 14.2 Å². The van der Waals surface area contributed by atoms with Crippen molar-refractivity contribution in [2.24, 2.45) is 4.99 Å². The van der Waals surface area contributed by atoms with Gasteiger partial charge in [-0.15, -0.1) is 0 Å². The second-order valence-corrected chi connectivity index (χ2v) is 7.04. The maximum Gasteiger partial charge on any atom is 0.161 e. The SMILES string of the molecule is COc1ccc(COc2cc3c(cc2OC)C(Cc2ccccc2)=NCC3)cc1. The van der Waals surface area contributed by atoms with Gasteiger partial charge in [0.05, 0.1) is 14.2 Å². The molecule has 3 aromatic rings. The summed E-state index contributed by atoms with van der Waals surface area (Å²) in [4.78, 5) is 4.79. The van der Waals surface area contributed by atoms with E-state index in [2.05, 4.69) is 36.4 Å². The molecule has 0 radical (unpaired) electrons. The Hall–Kier alpha value is -3.27. The number of benzene rings is 3.